The fourth-order valence-corrected chi connectivity index (χ4v) is 3.52. The van der Waals surface area contributed by atoms with Crippen LogP contribution in [0.25, 0.3) is 0 Å². The fraction of sp³-hybridized carbons (Fsp3) is 0.412. The summed E-state index contributed by atoms with van der Waals surface area (Å²) in [7, 11) is 2.18. The molecule has 21 heavy (non-hydrogen) atoms. The van der Waals surface area contributed by atoms with Crippen molar-refractivity contribution >= 4 is 33.0 Å². The molecule has 1 heterocycles. The van der Waals surface area contributed by atoms with Gasteiger partial charge in [-0.15, -0.1) is 11.3 Å². The monoisotopic (exact) mass is 366 g/mol. The molecule has 0 amide bonds. The molecule has 0 aliphatic carbocycles. The average Bonchev–Trinajstić information content (AvgIpc) is 3.01. The summed E-state index contributed by atoms with van der Waals surface area (Å²) in [6.45, 7) is 6.42. The Morgan fingerprint density at radius 1 is 1.33 bits per heavy atom. The number of rotatable bonds is 7. The topological polar surface area (TPSA) is 15.3 Å². The molecule has 0 aliphatic rings. The summed E-state index contributed by atoms with van der Waals surface area (Å²) in [4.78, 5) is 3.75. The van der Waals surface area contributed by atoms with E-state index in [9.17, 15) is 0 Å². The molecular weight excluding hydrogens is 344 g/mol. The van der Waals surface area contributed by atoms with Crippen LogP contribution >= 0.6 is 27.3 Å². The Balaban J connectivity index is 2.21. The highest BCUT2D eigenvalue weighted by Crippen LogP contribution is 2.32. The van der Waals surface area contributed by atoms with Crippen molar-refractivity contribution in [1.29, 1.82) is 0 Å². The first-order valence-corrected chi connectivity index (χ1v) is 9.06. The zero-order valence-electron chi connectivity index (χ0n) is 12.9. The molecule has 0 radical (unpaired) electrons. The first-order valence-electron chi connectivity index (χ1n) is 7.38. The van der Waals surface area contributed by atoms with Gasteiger partial charge in [0.2, 0.25) is 0 Å². The fourth-order valence-electron chi connectivity index (χ4n) is 2.34. The largest absolute Gasteiger partial charge is 0.367 e. The van der Waals surface area contributed by atoms with E-state index in [2.05, 4.69) is 82.8 Å². The van der Waals surface area contributed by atoms with Gasteiger partial charge >= 0.3 is 0 Å². The number of hydrogen-bond donors (Lipinski definition) is 1. The number of nitrogens with zero attached hydrogens (tertiary/aromatic N) is 1. The molecular formula is C17H23BrN2S. The summed E-state index contributed by atoms with van der Waals surface area (Å²) in [6, 6.07) is 11.3. The maximum atomic E-state index is 3.60. The van der Waals surface area contributed by atoms with Gasteiger partial charge in [-0.1, -0.05) is 35.0 Å². The van der Waals surface area contributed by atoms with Crippen molar-refractivity contribution in [3.63, 3.8) is 0 Å². The van der Waals surface area contributed by atoms with E-state index in [0.29, 0.717) is 6.04 Å². The maximum absolute atomic E-state index is 3.60. The van der Waals surface area contributed by atoms with Crippen LogP contribution in [0, 0.1) is 0 Å². The summed E-state index contributed by atoms with van der Waals surface area (Å²) >= 11 is 5.42. The van der Waals surface area contributed by atoms with Crippen LogP contribution in [0.2, 0.25) is 0 Å². The van der Waals surface area contributed by atoms with E-state index in [4.69, 9.17) is 0 Å². The van der Waals surface area contributed by atoms with Crippen LogP contribution in [-0.4, -0.2) is 13.6 Å². The summed E-state index contributed by atoms with van der Waals surface area (Å²) in [6.07, 6.45) is 1.16. The third kappa shape index (κ3) is 4.31. The van der Waals surface area contributed by atoms with Gasteiger partial charge in [-0.2, -0.15) is 0 Å². The van der Waals surface area contributed by atoms with Crippen molar-refractivity contribution < 1.29 is 0 Å². The van der Waals surface area contributed by atoms with E-state index >= 15 is 0 Å². The lowest BCUT2D eigenvalue weighted by Gasteiger charge is -2.29. The van der Waals surface area contributed by atoms with E-state index in [1.165, 1.54) is 16.1 Å². The van der Waals surface area contributed by atoms with Crippen molar-refractivity contribution in [1.82, 2.24) is 5.32 Å². The minimum Gasteiger partial charge on any atom is -0.367 e. The number of halogens is 1. The Hall–Kier alpha value is -0.840. The molecule has 1 N–H and O–H groups in total. The highest BCUT2D eigenvalue weighted by atomic mass is 79.9. The molecule has 114 valence electrons. The molecule has 2 nitrogen and oxygen atoms in total. The quantitative estimate of drug-likeness (QED) is 0.676. The molecule has 0 fully saturated rings. The van der Waals surface area contributed by atoms with Crippen LogP contribution in [0.1, 0.15) is 36.8 Å². The summed E-state index contributed by atoms with van der Waals surface area (Å²) in [5.74, 6) is 0. The van der Waals surface area contributed by atoms with Gasteiger partial charge in [0.1, 0.15) is 0 Å². The highest BCUT2D eigenvalue weighted by Gasteiger charge is 2.16. The third-order valence-electron chi connectivity index (χ3n) is 3.71. The normalized spacial score (nSPS) is 12.4. The minimum absolute atomic E-state index is 0.379. The molecule has 1 atom stereocenters. The average molecular weight is 367 g/mol. The van der Waals surface area contributed by atoms with Gasteiger partial charge in [0.25, 0.3) is 0 Å². The summed E-state index contributed by atoms with van der Waals surface area (Å²) in [5, 5.41) is 5.64. The van der Waals surface area contributed by atoms with Crippen LogP contribution in [0.3, 0.4) is 0 Å². The summed E-state index contributed by atoms with van der Waals surface area (Å²) < 4.78 is 1.13. The van der Waals surface area contributed by atoms with Crippen LogP contribution in [0.15, 0.2) is 40.2 Å². The van der Waals surface area contributed by atoms with Gasteiger partial charge < -0.3 is 10.2 Å². The zero-order chi connectivity index (χ0) is 15.2. The van der Waals surface area contributed by atoms with Crippen molar-refractivity contribution in [3.05, 3.63) is 50.6 Å². The van der Waals surface area contributed by atoms with Crippen molar-refractivity contribution in [2.24, 2.45) is 0 Å². The molecule has 1 aromatic carbocycles. The van der Waals surface area contributed by atoms with Gasteiger partial charge in [-0.3, -0.25) is 0 Å². The SMILES string of the molecule is CCCNCc1ccc(Br)cc1N(C)C(C)c1cccs1. The lowest BCUT2D eigenvalue weighted by Crippen LogP contribution is -2.24. The first-order chi connectivity index (χ1) is 10.1. The van der Waals surface area contributed by atoms with Crippen LogP contribution in [0.5, 0.6) is 0 Å². The lowest BCUT2D eigenvalue weighted by molar-refractivity contribution is 0.669. The smallest absolute Gasteiger partial charge is 0.0603 e. The van der Waals surface area contributed by atoms with Crippen molar-refractivity contribution in [2.45, 2.75) is 32.9 Å². The maximum Gasteiger partial charge on any atom is 0.0603 e. The second-order valence-electron chi connectivity index (χ2n) is 5.25. The third-order valence-corrected chi connectivity index (χ3v) is 5.24. The second kappa shape index (κ2) is 7.97. The molecule has 2 rings (SSSR count). The zero-order valence-corrected chi connectivity index (χ0v) is 15.3. The number of thiophene rings is 1. The number of nitrogens with one attached hydrogen (secondary N) is 1. The lowest BCUT2D eigenvalue weighted by atomic mass is 10.1. The van der Waals surface area contributed by atoms with E-state index in [-0.39, 0.29) is 0 Å². The number of benzene rings is 1. The standard InChI is InChI=1S/C17H23BrN2S/c1-4-9-19-12-14-7-8-15(18)11-16(14)20(3)13(2)17-6-5-10-21-17/h5-8,10-11,13,19H,4,9,12H2,1-3H3. The minimum atomic E-state index is 0.379. The van der Waals surface area contributed by atoms with Gasteiger partial charge in [0.05, 0.1) is 6.04 Å². The Kier molecular flexibility index (Phi) is 6.27. The molecule has 2 aromatic rings. The van der Waals surface area contributed by atoms with Gasteiger partial charge in [-0.05, 0) is 49.0 Å². The molecule has 0 saturated heterocycles. The number of anilines is 1. The number of hydrogen-bond acceptors (Lipinski definition) is 3. The predicted octanol–water partition coefficient (Wildman–Crippen LogP) is 5.21. The van der Waals surface area contributed by atoms with E-state index < -0.39 is 0 Å². The van der Waals surface area contributed by atoms with Crippen LogP contribution < -0.4 is 10.2 Å². The molecule has 1 unspecified atom stereocenters. The Labute approximate surface area is 140 Å². The molecule has 0 bridgehead atoms. The molecule has 0 aliphatic heterocycles. The molecule has 4 heteroatoms. The van der Waals surface area contributed by atoms with E-state index in [1.807, 2.05) is 11.3 Å². The molecule has 0 spiro atoms. The summed E-state index contributed by atoms with van der Waals surface area (Å²) in [5.41, 5.74) is 2.63. The van der Waals surface area contributed by atoms with Crippen molar-refractivity contribution in [2.75, 3.05) is 18.5 Å². The Morgan fingerprint density at radius 2 is 2.14 bits per heavy atom. The van der Waals surface area contributed by atoms with E-state index in [0.717, 1.165) is 24.0 Å². The van der Waals surface area contributed by atoms with Crippen LogP contribution in [-0.2, 0) is 6.54 Å². The van der Waals surface area contributed by atoms with E-state index in [1.54, 1.807) is 0 Å². The van der Waals surface area contributed by atoms with Crippen LogP contribution in [0.4, 0.5) is 5.69 Å². The van der Waals surface area contributed by atoms with Crippen molar-refractivity contribution in [3.8, 4) is 0 Å². The molecule has 1 aromatic heterocycles. The molecule has 0 saturated carbocycles. The predicted molar refractivity (Wildman–Crippen MR) is 97.3 cm³/mol. The highest BCUT2D eigenvalue weighted by molar-refractivity contribution is 9.10. The Bertz CT molecular complexity index is 554. The van der Waals surface area contributed by atoms with Gasteiger partial charge in [-0.25, -0.2) is 0 Å². The van der Waals surface area contributed by atoms with Gasteiger partial charge in [0.15, 0.2) is 0 Å². The second-order valence-corrected chi connectivity index (χ2v) is 7.15. The Morgan fingerprint density at radius 3 is 2.81 bits per heavy atom. The van der Waals surface area contributed by atoms with Gasteiger partial charge in [0, 0.05) is 28.6 Å². The first kappa shape index (κ1) is 16.5.